The summed E-state index contributed by atoms with van der Waals surface area (Å²) in [5.74, 6) is 1.17. The van der Waals surface area contributed by atoms with Gasteiger partial charge in [0.25, 0.3) is 0 Å². The Bertz CT molecular complexity index is 642. The van der Waals surface area contributed by atoms with E-state index in [-0.39, 0.29) is 5.28 Å². The molecule has 0 N–H and O–H groups in total. The molecule has 112 valence electrons. The van der Waals surface area contributed by atoms with Gasteiger partial charge in [-0.25, -0.2) is 4.98 Å². The highest BCUT2D eigenvalue weighted by Gasteiger charge is 2.08. The minimum Gasteiger partial charge on any atom is -0.208 e. The summed E-state index contributed by atoms with van der Waals surface area (Å²) >= 11 is 5.99. The van der Waals surface area contributed by atoms with Crippen LogP contribution >= 0.6 is 11.6 Å². The van der Waals surface area contributed by atoms with Crippen LogP contribution in [-0.4, -0.2) is 15.0 Å². The van der Waals surface area contributed by atoms with Crippen LogP contribution in [0, 0.1) is 0 Å². The van der Waals surface area contributed by atoms with E-state index in [0.717, 1.165) is 11.1 Å². The third-order valence-corrected chi connectivity index (χ3v) is 2.84. The molecule has 0 saturated heterocycles. The lowest BCUT2D eigenvalue weighted by Crippen LogP contribution is -1.96. The lowest BCUT2D eigenvalue weighted by Gasteiger charge is -2.04. The van der Waals surface area contributed by atoms with Crippen molar-refractivity contribution in [1.29, 1.82) is 0 Å². The molecular formula is C18H18ClN3. The van der Waals surface area contributed by atoms with E-state index in [0.29, 0.717) is 11.6 Å². The monoisotopic (exact) mass is 311 g/mol. The van der Waals surface area contributed by atoms with Crippen LogP contribution in [0.15, 0.2) is 60.7 Å². The fourth-order valence-electron chi connectivity index (χ4n) is 1.78. The fourth-order valence-corrected chi connectivity index (χ4v) is 1.94. The van der Waals surface area contributed by atoms with Gasteiger partial charge in [-0.2, -0.15) is 9.97 Å². The molecule has 3 rings (SSSR count). The van der Waals surface area contributed by atoms with Crippen molar-refractivity contribution in [3.8, 4) is 22.8 Å². The zero-order valence-corrected chi connectivity index (χ0v) is 13.5. The predicted octanol–water partition coefficient (Wildman–Crippen LogP) is 5.28. The van der Waals surface area contributed by atoms with Gasteiger partial charge in [0, 0.05) is 11.1 Å². The van der Waals surface area contributed by atoms with E-state index >= 15 is 0 Å². The summed E-state index contributed by atoms with van der Waals surface area (Å²) in [6.45, 7) is 4.25. The van der Waals surface area contributed by atoms with Crippen molar-refractivity contribution in [2.24, 2.45) is 0 Å². The molecule has 0 fully saturated rings. The fraction of sp³-hybridized carbons (Fsp3) is 0.167. The number of rotatable bonds is 2. The molecule has 0 spiro atoms. The van der Waals surface area contributed by atoms with Gasteiger partial charge >= 0.3 is 0 Å². The van der Waals surface area contributed by atoms with Gasteiger partial charge in [-0.05, 0) is 11.6 Å². The third kappa shape index (κ3) is 4.37. The number of hydrogen-bond donors (Lipinski definition) is 0. The highest BCUT2D eigenvalue weighted by molar-refractivity contribution is 6.28. The van der Waals surface area contributed by atoms with Crippen LogP contribution in [0.1, 0.15) is 20.3 Å². The number of halogens is 1. The van der Waals surface area contributed by atoms with Crippen molar-refractivity contribution in [2.75, 3.05) is 0 Å². The molecule has 0 aliphatic rings. The Morgan fingerprint density at radius 2 is 1.05 bits per heavy atom. The zero-order valence-electron chi connectivity index (χ0n) is 12.7. The highest BCUT2D eigenvalue weighted by Crippen LogP contribution is 2.21. The normalized spacial score (nSPS) is 9.77. The van der Waals surface area contributed by atoms with E-state index in [1.54, 1.807) is 0 Å². The van der Waals surface area contributed by atoms with Crippen molar-refractivity contribution in [3.05, 3.63) is 65.9 Å². The molecule has 0 bridgehead atoms. The lowest BCUT2D eigenvalue weighted by molar-refractivity contribution is 1.07. The van der Waals surface area contributed by atoms with E-state index in [4.69, 9.17) is 11.6 Å². The van der Waals surface area contributed by atoms with Gasteiger partial charge in [-0.3, -0.25) is 0 Å². The Balaban J connectivity index is 0.000000545. The summed E-state index contributed by atoms with van der Waals surface area (Å²) < 4.78 is 0. The minimum atomic E-state index is 0.202. The van der Waals surface area contributed by atoms with Crippen LogP contribution in [0.4, 0.5) is 0 Å². The zero-order chi connectivity index (χ0) is 15.8. The first-order valence-electron chi connectivity index (χ1n) is 7.27. The van der Waals surface area contributed by atoms with Crippen molar-refractivity contribution in [2.45, 2.75) is 20.3 Å². The lowest BCUT2D eigenvalue weighted by atomic mass is 10.2. The first kappa shape index (κ1) is 16.1. The Morgan fingerprint density at radius 3 is 1.41 bits per heavy atom. The van der Waals surface area contributed by atoms with Crippen LogP contribution in [0.25, 0.3) is 22.8 Å². The largest absolute Gasteiger partial charge is 0.226 e. The summed E-state index contributed by atoms with van der Waals surface area (Å²) in [4.78, 5) is 12.8. The standard InChI is InChI=1S/C15H10ClN3.C3H8/c16-15-18-13(11-7-3-1-4-8-11)17-14(19-15)12-9-5-2-6-10-12;1-3-2/h1-10H;3H2,1-2H3. The second kappa shape index (κ2) is 8.25. The summed E-state index contributed by atoms with van der Waals surface area (Å²) in [7, 11) is 0. The van der Waals surface area contributed by atoms with Gasteiger partial charge in [0.15, 0.2) is 11.6 Å². The van der Waals surface area contributed by atoms with Gasteiger partial charge in [-0.15, -0.1) is 0 Å². The number of nitrogens with zero attached hydrogens (tertiary/aromatic N) is 3. The highest BCUT2D eigenvalue weighted by atomic mass is 35.5. The Hall–Kier alpha value is -2.26. The molecule has 0 aliphatic carbocycles. The van der Waals surface area contributed by atoms with Crippen LogP contribution in [0.5, 0.6) is 0 Å². The van der Waals surface area contributed by atoms with Crippen LogP contribution in [-0.2, 0) is 0 Å². The topological polar surface area (TPSA) is 38.7 Å². The van der Waals surface area contributed by atoms with E-state index in [1.165, 1.54) is 6.42 Å². The molecule has 0 unspecified atom stereocenters. The van der Waals surface area contributed by atoms with Gasteiger partial charge in [-0.1, -0.05) is 80.9 Å². The SMILES string of the molecule is CCC.Clc1nc(-c2ccccc2)nc(-c2ccccc2)n1. The van der Waals surface area contributed by atoms with E-state index in [2.05, 4.69) is 28.8 Å². The van der Waals surface area contributed by atoms with Crippen molar-refractivity contribution >= 4 is 11.6 Å². The number of benzene rings is 2. The average Bonchev–Trinajstić information content (AvgIpc) is 2.57. The van der Waals surface area contributed by atoms with Gasteiger partial charge in [0.2, 0.25) is 5.28 Å². The van der Waals surface area contributed by atoms with Gasteiger partial charge in [0.05, 0.1) is 0 Å². The van der Waals surface area contributed by atoms with Crippen molar-refractivity contribution in [1.82, 2.24) is 15.0 Å². The Kier molecular flexibility index (Phi) is 6.04. The maximum absolute atomic E-state index is 5.99. The average molecular weight is 312 g/mol. The first-order valence-corrected chi connectivity index (χ1v) is 7.64. The van der Waals surface area contributed by atoms with Crippen LogP contribution < -0.4 is 0 Å². The Labute approximate surface area is 136 Å². The second-order valence-corrected chi connectivity index (χ2v) is 5.03. The molecule has 1 heterocycles. The molecule has 1 aromatic heterocycles. The van der Waals surface area contributed by atoms with E-state index < -0.39 is 0 Å². The number of hydrogen-bond acceptors (Lipinski definition) is 3. The molecule has 2 aromatic carbocycles. The molecule has 0 aliphatic heterocycles. The molecule has 0 radical (unpaired) electrons. The second-order valence-electron chi connectivity index (χ2n) is 4.69. The van der Waals surface area contributed by atoms with Crippen LogP contribution in [0.3, 0.4) is 0 Å². The molecule has 3 aromatic rings. The van der Waals surface area contributed by atoms with Gasteiger partial charge in [0.1, 0.15) is 0 Å². The molecule has 0 saturated carbocycles. The molecule has 4 heteroatoms. The minimum absolute atomic E-state index is 0.202. The van der Waals surface area contributed by atoms with Crippen molar-refractivity contribution in [3.63, 3.8) is 0 Å². The van der Waals surface area contributed by atoms with E-state index in [1.807, 2.05) is 60.7 Å². The molecule has 0 amide bonds. The summed E-state index contributed by atoms with van der Waals surface area (Å²) in [5.41, 5.74) is 1.84. The summed E-state index contributed by atoms with van der Waals surface area (Å²) in [6, 6.07) is 19.4. The number of aromatic nitrogens is 3. The molecule has 3 nitrogen and oxygen atoms in total. The molecule has 22 heavy (non-hydrogen) atoms. The third-order valence-electron chi connectivity index (χ3n) is 2.67. The molecular weight excluding hydrogens is 294 g/mol. The first-order chi connectivity index (χ1) is 10.7. The van der Waals surface area contributed by atoms with Gasteiger partial charge < -0.3 is 0 Å². The quantitative estimate of drug-likeness (QED) is 0.646. The maximum atomic E-state index is 5.99. The maximum Gasteiger partial charge on any atom is 0.226 e. The van der Waals surface area contributed by atoms with E-state index in [9.17, 15) is 0 Å². The summed E-state index contributed by atoms with van der Waals surface area (Å²) in [5, 5.41) is 0.202. The predicted molar refractivity (Wildman–Crippen MR) is 91.7 cm³/mol. The van der Waals surface area contributed by atoms with Crippen LogP contribution in [0.2, 0.25) is 5.28 Å². The smallest absolute Gasteiger partial charge is 0.208 e. The summed E-state index contributed by atoms with van der Waals surface area (Å²) in [6.07, 6.45) is 1.25. The Morgan fingerprint density at radius 1 is 0.682 bits per heavy atom. The molecule has 0 atom stereocenters. The van der Waals surface area contributed by atoms with Crippen molar-refractivity contribution < 1.29 is 0 Å².